The molecule has 1 heterocycles. The van der Waals surface area contributed by atoms with Crippen LogP contribution in [0.4, 0.5) is 0 Å². The maximum absolute atomic E-state index is 13.0. The van der Waals surface area contributed by atoms with Crippen molar-refractivity contribution >= 4 is 11.8 Å². The van der Waals surface area contributed by atoms with E-state index < -0.39 is 6.10 Å². The molecule has 3 rings (SSSR count). The average molecular weight is 430 g/mol. The number of aromatic nitrogens is 1. The molecular formula is C25H39N3O3. The van der Waals surface area contributed by atoms with Gasteiger partial charge < -0.3 is 15.3 Å². The third kappa shape index (κ3) is 4.64. The van der Waals surface area contributed by atoms with Gasteiger partial charge in [0.05, 0.1) is 6.10 Å². The molecule has 2 fully saturated rings. The van der Waals surface area contributed by atoms with Crippen molar-refractivity contribution in [2.45, 2.75) is 72.4 Å². The van der Waals surface area contributed by atoms with Gasteiger partial charge in [-0.05, 0) is 74.8 Å². The fraction of sp³-hybridized carbons (Fsp3) is 0.720. The zero-order valence-corrected chi connectivity index (χ0v) is 19.7. The van der Waals surface area contributed by atoms with Crippen molar-refractivity contribution in [2.75, 3.05) is 13.1 Å². The van der Waals surface area contributed by atoms with Gasteiger partial charge in [-0.15, -0.1) is 0 Å². The summed E-state index contributed by atoms with van der Waals surface area (Å²) in [4.78, 5) is 31.7. The van der Waals surface area contributed by atoms with Crippen LogP contribution < -0.4 is 5.32 Å². The second-order valence-electron chi connectivity index (χ2n) is 9.86. The monoisotopic (exact) mass is 429 g/mol. The van der Waals surface area contributed by atoms with Crippen LogP contribution in [0, 0.1) is 29.1 Å². The fourth-order valence-electron chi connectivity index (χ4n) is 6.24. The second-order valence-corrected chi connectivity index (χ2v) is 9.86. The van der Waals surface area contributed by atoms with Crippen LogP contribution in [-0.2, 0) is 4.79 Å². The lowest BCUT2D eigenvalue weighted by Crippen LogP contribution is -2.58. The number of hydrogen-bond donors (Lipinski definition) is 2. The highest BCUT2D eigenvalue weighted by atomic mass is 16.3. The Labute approximate surface area is 186 Å². The molecule has 2 aliphatic carbocycles. The molecule has 6 nitrogen and oxygen atoms in total. The Morgan fingerprint density at radius 3 is 2.55 bits per heavy atom. The van der Waals surface area contributed by atoms with E-state index in [1.165, 1.54) is 0 Å². The van der Waals surface area contributed by atoms with Gasteiger partial charge in [-0.25, -0.2) is 0 Å². The van der Waals surface area contributed by atoms with E-state index in [1.54, 1.807) is 18.3 Å². The van der Waals surface area contributed by atoms with Gasteiger partial charge >= 0.3 is 0 Å². The normalized spacial score (nSPS) is 33.8. The largest absolute Gasteiger partial charge is 0.392 e. The summed E-state index contributed by atoms with van der Waals surface area (Å²) in [5.41, 5.74) is 0.461. The quantitative estimate of drug-likeness (QED) is 0.725. The number of nitrogens with zero attached hydrogens (tertiary/aromatic N) is 2. The van der Waals surface area contributed by atoms with Crippen LogP contribution in [0.25, 0.3) is 0 Å². The standard InChI is InChI=1S/C25H39N3O3/c1-6-28(7-2)24(31)16(3)18-11-13-25(5)14-12-19(17(4)21(25)22(18)29)27-23(30)20-10-8-9-15-26-20/h8-10,15-19,21-22,29H,6-7,11-14H2,1-5H3,(H,27,30)/t16-,17+,18-,19-,21+,22-,25-/m0/s1. The van der Waals surface area contributed by atoms with E-state index in [-0.39, 0.29) is 46.9 Å². The van der Waals surface area contributed by atoms with Crippen molar-refractivity contribution in [1.82, 2.24) is 15.2 Å². The van der Waals surface area contributed by atoms with E-state index in [0.717, 1.165) is 25.7 Å². The summed E-state index contributed by atoms with van der Waals surface area (Å²) in [6.07, 6.45) is 4.84. The summed E-state index contributed by atoms with van der Waals surface area (Å²) in [5, 5.41) is 14.7. The van der Waals surface area contributed by atoms with Gasteiger partial charge in [0.2, 0.25) is 5.91 Å². The Morgan fingerprint density at radius 2 is 1.94 bits per heavy atom. The van der Waals surface area contributed by atoms with Crippen molar-refractivity contribution < 1.29 is 14.7 Å². The molecule has 0 spiro atoms. The molecule has 31 heavy (non-hydrogen) atoms. The van der Waals surface area contributed by atoms with Gasteiger partial charge in [-0.3, -0.25) is 14.6 Å². The summed E-state index contributed by atoms with van der Waals surface area (Å²) >= 11 is 0. The number of amides is 2. The Morgan fingerprint density at radius 1 is 1.26 bits per heavy atom. The van der Waals surface area contributed by atoms with Crippen LogP contribution in [0.15, 0.2) is 24.4 Å². The molecule has 0 radical (unpaired) electrons. The number of nitrogens with one attached hydrogen (secondary N) is 1. The van der Waals surface area contributed by atoms with E-state index in [2.05, 4.69) is 24.1 Å². The van der Waals surface area contributed by atoms with Crippen LogP contribution >= 0.6 is 0 Å². The van der Waals surface area contributed by atoms with Crippen molar-refractivity contribution in [1.29, 1.82) is 0 Å². The van der Waals surface area contributed by atoms with Gasteiger partial charge in [0.1, 0.15) is 5.69 Å². The number of aliphatic hydroxyl groups excluding tert-OH is 1. The second kappa shape index (κ2) is 9.68. The van der Waals surface area contributed by atoms with Crippen LogP contribution in [0.5, 0.6) is 0 Å². The Bertz CT molecular complexity index is 767. The topological polar surface area (TPSA) is 82.5 Å². The lowest BCUT2D eigenvalue weighted by Gasteiger charge is -2.56. The number of carbonyl (C=O) groups excluding carboxylic acids is 2. The summed E-state index contributed by atoms with van der Waals surface area (Å²) in [6.45, 7) is 11.8. The molecule has 7 atom stereocenters. The molecule has 0 unspecified atom stereocenters. The van der Waals surface area contributed by atoms with Crippen molar-refractivity contribution in [2.24, 2.45) is 29.1 Å². The number of hydrogen-bond acceptors (Lipinski definition) is 4. The van der Waals surface area contributed by atoms with Gasteiger partial charge in [0.15, 0.2) is 0 Å². The molecule has 1 aromatic heterocycles. The minimum Gasteiger partial charge on any atom is -0.392 e. The van der Waals surface area contributed by atoms with E-state index in [0.29, 0.717) is 18.8 Å². The Kier molecular flexibility index (Phi) is 7.40. The molecule has 0 aromatic carbocycles. The smallest absolute Gasteiger partial charge is 0.270 e. The molecule has 6 heteroatoms. The van der Waals surface area contributed by atoms with Gasteiger partial charge in [0.25, 0.3) is 5.91 Å². The highest BCUT2D eigenvalue weighted by molar-refractivity contribution is 5.92. The first-order valence-electron chi connectivity index (χ1n) is 11.9. The molecule has 0 aliphatic heterocycles. The summed E-state index contributed by atoms with van der Waals surface area (Å²) in [7, 11) is 0. The molecule has 172 valence electrons. The minimum absolute atomic E-state index is 0.00484. The average Bonchev–Trinajstić information content (AvgIpc) is 2.76. The van der Waals surface area contributed by atoms with Crippen LogP contribution in [-0.4, -0.2) is 52.0 Å². The Hall–Kier alpha value is -1.95. The van der Waals surface area contributed by atoms with Crippen molar-refractivity contribution in [3.8, 4) is 0 Å². The highest BCUT2D eigenvalue weighted by Crippen LogP contribution is 2.55. The lowest BCUT2D eigenvalue weighted by molar-refractivity contribution is -0.149. The molecule has 2 N–H and O–H groups in total. The summed E-state index contributed by atoms with van der Waals surface area (Å²) < 4.78 is 0. The number of fused-ring (bicyclic) bond motifs is 1. The fourth-order valence-corrected chi connectivity index (χ4v) is 6.24. The lowest BCUT2D eigenvalue weighted by atomic mass is 9.51. The van der Waals surface area contributed by atoms with Gasteiger partial charge in [0, 0.05) is 31.2 Å². The van der Waals surface area contributed by atoms with Crippen molar-refractivity contribution in [3.05, 3.63) is 30.1 Å². The van der Waals surface area contributed by atoms with Crippen molar-refractivity contribution in [3.63, 3.8) is 0 Å². The zero-order chi connectivity index (χ0) is 22.8. The molecule has 0 saturated heterocycles. The first-order valence-corrected chi connectivity index (χ1v) is 11.9. The van der Waals surface area contributed by atoms with Gasteiger partial charge in [-0.2, -0.15) is 0 Å². The maximum Gasteiger partial charge on any atom is 0.270 e. The Balaban J connectivity index is 1.75. The maximum atomic E-state index is 13.0. The number of rotatable bonds is 6. The minimum atomic E-state index is -0.544. The van der Waals surface area contributed by atoms with E-state index in [1.807, 2.05) is 31.7 Å². The van der Waals surface area contributed by atoms with E-state index in [9.17, 15) is 14.7 Å². The third-order valence-corrected chi connectivity index (χ3v) is 8.21. The van der Waals surface area contributed by atoms with E-state index in [4.69, 9.17) is 0 Å². The predicted molar refractivity (Wildman–Crippen MR) is 121 cm³/mol. The molecule has 0 bridgehead atoms. The number of pyridine rings is 1. The van der Waals surface area contributed by atoms with Crippen LogP contribution in [0.1, 0.15) is 70.8 Å². The SMILES string of the molecule is CCN(CC)C(=O)[C@@H](C)[C@@H]1CC[C@@]2(C)CC[C@H](NC(=O)c3ccccn3)[C@@H](C)[C@@H]2[C@H]1O. The number of carbonyl (C=O) groups is 2. The van der Waals surface area contributed by atoms with Crippen LogP contribution in [0.2, 0.25) is 0 Å². The summed E-state index contributed by atoms with van der Waals surface area (Å²) in [6, 6.07) is 5.33. The molecule has 2 aliphatic rings. The highest BCUT2D eigenvalue weighted by Gasteiger charge is 2.54. The molecular weight excluding hydrogens is 390 g/mol. The molecule has 2 saturated carbocycles. The van der Waals surface area contributed by atoms with Gasteiger partial charge in [-0.1, -0.05) is 26.8 Å². The summed E-state index contributed by atoms with van der Waals surface area (Å²) in [5.74, 6) is -0.0796. The molecule has 2 amide bonds. The van der Waals surface area contributed by atoms with E-state index >= 15 is 0 Å². The zero-order valence-electron chi connectivity index (χ0n) is 19.7. The first kappa shape index (κ1) is 23.7. The number of aliphatic hydroxyl groups is 1. The molecule has 1 aromatic rings. The van der Waals surface area contributed by atoms with Crippen LogP contribution in [0.3, 0.4) is 0 Å². The third-order valence-electron chi connectivity index (χ3n) is 8.21. The first-order chi connectivity index (χ1) is 14.7. The predicted octanol–water partition coefficient (Wildman–Crippen LogP) is 3.51.